The van der Waals surface area contributed by atoms with E-state index in [0.717, 1.165) is 11.3 Å². The molecule has 0 atom stereocenters. The average molecular weight is 298 g/mol. The number of hydrogen-bond acceptors (Lipinski definition) is 5. The van der Waals surface area contributed by atoms with Gasteiger partial charge in [0.25, 0.3) is 5.56 Å². The van der Waals surface area contributed by atoms with Crippen molar-refractivity contribution < 1.29 is 0 Å². The summed E-state index contributed by atoms with van der Waals surface area (Å²) in [6, 6.07) is 11.5. The predicted octanol–water partition coefficient (Wildman–Crippen LogP) is 2.64. The van der Waals surface area contributed by atoms with Crippen LogP contribution in [0.25, 0.3) is 22.5 Å². The second kappa shape index (κ2) is 5.49. The molecule has 0 fully saturated rings. The number of aromatic nitrogens is 3. The lowest BCUT2D eigenvalue weighted by molar-refractivity contribution is 0.620. The maximum atomic E-state index is 12.4. The SMILES string of the molecule is CCn1nc(-c2ccccc2)cc(-c2csc(N)n2)c1=O. The smallest absolute Gasteiger partial charge is 0.276 e. The van der Waals surface area contributed by atoms with Crippen molar-refractivity contribution in [3.05, 3.63) is 52.1 Å². The first-order valence-electron chi connectivity index (χ1n) is 6.58. The van der Waals surface area contributed by atoms with Gasteiger partial charge in [-0.25, -0.2) is 9.67 Å². The summed E-state index contributed by atoms with van der Waals surface area (Å²) in [5, 5.41) is 6.64. The largest absolute Gasteiger partial charge is 0.375 e. The number of nitrogens with two attached hydrogens (primary N) is 1. The molecule has 0 aliphatic carbocycles. The van der Waals surface area contributed by atoms with Crippen LogP contribution in [0.3, 0.4) is 0 Å². The summed E-state index contributed by atoms with van der Waals surface area (Å²) in [6.45, 7) is 2.40. The third-order valence-corrected chi connectivity index (χ3v) is 3.82. The monoisotopic (exact) mass is 298 g/mol. The molecule has 0 saturated carbocycles. The van der Waals surface area contributed by atoms with Crippen molar-refractivity contribution in [3.8, 4) is 22.5 Å². The van der Waals surface area contributed by atoms with Gasteiger partial charge in [-0.1, -0.05) is 30.3 Å². The zero-order chi connectivity index (χ0) is 14.8. The summed E-state index contributed by atoms with van der Waals surface area (Å²) in [7, 11) is 0. The van der Waals surface area contributed by atoms with Gasteiger partial charge in [0.1, 0.15) is 0 Å². The van der Waals surface area contributed by atoms with Crippen molar-refractivity contribution in [3.63, 3.8) is 0 Å². The minimum Gasteiger partial charge on any atom is -0.375 e. The van der Waals surface area contributed by atoms with Gasteiger partial charge < -0.3 is 5.73 Å². The van der Waals surface area contributed by atoms with Gasteiger partial charge in [0.15, 0.2) is 5.13 Å². The summed E-state index contributed by atoms with van der Waals surface area (Å²) >= 11 is 1.32. The number of thiazole rings is 1. The predicted molar refractivity (Wildman–Crippen MR) is 85.1 cm³/mol. The van der Waals surface area contributed by atoms with Crippen LogP contribution >= 0.6 is 11.3 Å². The molecule has 6 heteroatoms. The molecule has 0 aliphatic rings. The topological polar surface area (TPSA) is 73.8 Å². The Bertz CT molecular complexity index is 823. The first-order valence-corrected chi connectivity index (χ1v) is 7.46. The number of nitrogen functional groups attached to an aromatic ring is 1. The fraction of sp³-hybridized carbons (Fsp3) is 0.133. The van der Waals surface area contributed by atoms with Gasteiger partial charge in [0.2, 0.25) is 0 Å². The van der Waals surface area contributed by atoms with E-state index in [1.807, 2.05) is 37.3 Å². The van der Waals surface area contributed by atoms with Gasteiger partial charge >= 0.3 is 0 Å². The molecule has 2 heterocycles. The van der Waals surface area contributed by atoms with Crippen molar-refractivity contribution in [2.45, 2.75) is 13.5 Å². The van der Waals surface area contributed by atoms with Crippen LogP contribution < -0.4 is 11.3 Å². The Hall–Kier alpha value is -2.47. The Morgan fingerprint density at radius 2 is 2.00 bits per heavy atom. The third kappa shape index (κ3) is 2.57. The molecule has 2 aromatic heterocycles. The number of benzene rings is 1. The van der Waals surface area contributed by atoms with E-state index in [9.17, 15) is 4.79 Å². The zero-order valence-corrected chi connectivity index (χ0v) is 12.3. The molecule has 0 radical (unpaired) electrons. The summed E-state index contributed by atoms with van der Waals surface area (Å²) in [5.41, 5.74) is 8.36. The first-order chi connectivity index (χ1) is 10.2. The van der Waals surface area contributed by atoms with E-state index in [0.29, 0.717) is 22.9 Å². The maximum absolute atomic E-state index is 12.4. The van der Waals surface area contributed by atoms with E-state index >= 15 is 0 Å². The lowest BCUT2D eigenvalue weighted by Gasteiger charge is -2.08. The average Bonchev–Trinajstić information content (AvgIpc) is 2.95. The molecule has 0 bridgehead atoms. The van der Waals surface area contributed by atoms with E-state index in [1.165, 1.54) is 16.0 Å². The van der Waals surface area contributed by atoms with Crippen LogP contribution in [0.15, 0.2) is 46.6 Å². The quantitative estimate of drug-likeness (QED) is 0.806. The Balaban J connectivity index is 2.22. The van der Waals surface area contributed by atoms with Crippen molar-refractivity contribution >= 4 is 16.5 Å². The van der Waals surface area contributed by atoms with Crippen LogP contribution in [0.1, 0.15) is 6.92 Å². The van der Waals surface area contributed by atoms with Crippen molar-refractivity contribution in [1.29, 1.82) is 0 Å². The molecule has 0 amide bonds. The Morgan fingerprint density at radius 3 is 2.62 bits per heavy atom. The number of nitrogens with zero attached hydrogens (tertiary/aromatic N) is 3. The number of hydrogen-bond donors (Lipinski definition) is 1. The summed E-state index contributed by atoms with van der Waals surface area (Å²) in [4.78, 5) is 16.6. The molecule has 3 rings (SSSR count). The van der Waals surface area contributed by atoms with E-state index in [2.05, 4.69) is 10.1 Å². The molecular weight excluding hydrogens is 284 g/mol. The van der Waals surface area contributed by atoms with Crippen molar-refractivity contribution in [2.75, 3.05) is 5.73 Å². The van der Waals surface area contributed by atoms with Crippen LogP contribution in [0.5, 0.6) is 0 Å². The summed E-state index contributed by atoms with van der Waals surface area (Å²) in [6.07, 6.45) is 0. The van der Waals surface area contributed by atoms with E-state index in [4.69, 9.17) is 5.73 Å². The van der Waals surface area contributed by atoms with Gasteiger partial charge in [-0.3, -0.25) is 4.79 Å². The van der Waals surface area contributed by atoms with Gasteiger partial charge in [0.05, 0.1) is 17.0 Å². The van der Waals surface area contributed by atoms with Crippen LogP contribution in [-0.4, -0.2) is 14.8 Å². The van der Waals surface area contributed by atoms with Gasteiger partial charge in [-0.2, -0.15) is 5.10 Å². The molecule has 3 aromatic rings. The van der Waals surface area contributed by atoms with Crippen LogP contribution in [-0.2, 0) is 6.54 Å². The van der Waals surface area contributed by atoms with Gasteiger partial charge in [0, 0.05) is 17.5 Å². The van der Waals surface area contributed by atoms with Gasteiger partial charge in [-0.05, 0) is 13.0 Å². The van der Waals surface area contributed by atoms with E-state index in [1.54, 1.807) is 11.4 Å². The zero-order valence-electron chi connectivity index (χ0n) is 11.5. The highest BCUT2D eigenvalue weighted by molar-refractivity contribution is 7.13. The third-order valence-electron chi connectivity index (χ3n) is 3.14. The minimum absolute atomic E-state index is 0.150. The molecule has 106 valence electrons. The maximum Gasteiger partial charge on any atom is 0.276 e. The van der Waals surface area contributed by atoms with Gasteiger partial charge in [-0.15, -0.1) is 11.3 Å². The molecule has 0 aliphatic heterocycles. The molecule has 0 unspecified atom stereocenters. The lowest BCUT2D eigenvalue weighted by Crippen LogP contribution is -2.24. The minimum atomic E-state index is -0.150. The van der Waals surface area contributed by atoms with E-state index in [-0.39, 0.29) is 5.56 Å². The molecule has 5 nitrogen and oxygen atoms in total. The molecule has 1 aromatic carbocycles. The van der Waals surface area contributed by atoms with Crippen LogP contribution in [0.4, 0.5) is 5.13 Å². The Morgan fingerprint density at radius 1 is 1.24 bits per heavy atom. The van der Waals surface area contributed by atoms with Crippen molar-refractivity contribution in [2.24, 2.45) is 0 Å². The normalized spacial score (nSPS) is 10.7. The second-order valence-corrected chi connectivity index (χ2v) is 5.39. The highest BCUT2D eigenvalue weighted by atomic mass is 32.1. The van der Waals surface area contributed by atoms with Crippen LogP contribution in [0.2, 0.25) is 0 Å². The molecular formula is C15H14N4OS. The standard InChI is InChI=1S/C15H14N4OS/c1-2-19-14(20)11(13-9-21-15(16)17-13)8-12(18-19)10-6-4-3-5-7-10/h3-9H,2H2,1H3,(H2,16,17). The van der Waals surface area contributed by atoms with E-state index < -0.39 is 0 Å². The first kappa shape index (κ1) is 13.5. The Kier molecular flexibility index (Phi) is 3.53. The highest BCUT2D eigenvalue weighted by Gasteiger charge is 2.13. The summed E-state index contributed by atoms with van der Waals surface area (Å²) < 4.78 is 1.45. The lowest BCUT2D eigenvalue weighted by atomic mass is 10.1. The highest BCUT2D eigenvalue weighted by Crippen LogP contribution is 2.24. The van der Waals surface area contributed by atoms with Crippen LogP contribution in [0, 0.1) is 0 Å². The molecule has 0 spiro atoms. The fourth-order valence-corrected chi connectivity index (χ4v) is 2.66. The molecule has 21 heavy (non-hydrogen) atoms. The number of aryl methyl sites for hydroxylation is 1. The van der Waals surface area contributed by atoms with Crippen molar-refractivity contribution in [1.82, 2.24) is 14.8 Å². The molecule has 2 N–H and O–H groups in total. The second-order valence-electron chi connectivity index (χ2n) is 4.50. The number of rotatable bonds is 3. The summed E-state index contributed by atoms with van der Waals surface area (Å²) in [5.74, 6) is 0. The Labute approximate surface area is 125 Å². The fourth-order valence-electron chi connectivity index (χ4n) is 2.10. The molecule has 0 saturated heterocycles. The number of anilines is 1.